The Morgan fingerprint density at radius 3 is 2.38 bits per heavy atom. The largest absolute Gasteiger partial charge is 0.484 e. The van der Waals surface area contributed by atoms with Gasteiger partial charge in [-0.25, -0.2) is 0 Å². The fourth-order valence-electron chi connectivity index (χ4n) is 3.64. The third-order valence-corrected chi connectivity index (χ3v) is 5.44. The molecule has 170 valence electrons. The van der Waals surface area contributed by atoms with E-state index in [1.807, 2.05) is 45.9 Å². The number of anilines is 2. The third kappa shape index (κ3) is 5.87. The van der Waals surface area contributed by atoms with Crippen LogP contribution in [0.5, 0.6) is 5.75 Å². The summed E-state index contributed by atoms with van der Waals surface area (Å²) in [6.07, 6.45) is 0.209. The molecule has 0 saturated carbocycles. The van der Waals surface area contributed by atoms with Gasteiger partial charge < -0.3 is 20.3 Å². The monoisotopic (exact) mass is 437 g/mol. The van der Waals surface area contributed by atoms with Gasteiger partial charge >= 0.3 is 0 Å². The van der Waals surface area contributed by atoms with E-state index in [9.17, 15) is 14.4 Å². The lowest BCUT2D eigenvalue weighted by Crippen LogP contribution is -2.35. The number of carbonyl (C=O) groups excluding carboxylic acids is 3. The van der Waals surface area contributed by atoms with Crippen LogP contribution in [0.1, 0.15) is 31.4 Å². The standard InChI is InChI=1S/C25H31N3O4/c1-16(2)13-26-25(31)19-12-23(30)28(14-19)20-8-10-21(11-9-20)32-15-22(29)27-24-17(3)6-5-7-18(24)4/h5-11,16,19H,12-15H2,1-4H3,(H,26,31)(H,27,29)/t19-/m1/s1. The molecule has 2 N–H and O–H groups in total. The first kappa shape index (κ1) is 23.3. The van der Waals surface area contributed by atoms with Gasteiger partial charge in [0.1, 0.15) is 5.75 Å². The van der Waals surface area contributed by atoms with Gasteiger partial charge in [-0.05, 0) is 55.2 Å². The van der Waals surface area contributed by atoms with Crippen molar-refractivity contribution in [2.75, 3.05) is 29.9 Å². The molecule has 32 heavy (non-hydrogen) atoms. The number of hydrogen-bond acceptors (Lipinski definition) is 4. The minimum Gasteiger partial charge on any atom is -0.484 e. The van der Waals surface area contributed by atoms with Gasteiger partial charge in [-0.2, -0.15) is 0 Å². The third-order valence-electron chi connectivity index (χ3n) is 5.44. The van der Waals surface area contributed by atoms with Crippen molar-refractivity contribution in [1.82, 2.24) is 5.32 Å². The number of benzene rings is 2. The highest BCUT2D eigenvalue weighted by Gasteiger charge is 2.35. The van der Waals surface area contributed by atoms with E-state index >= 15 is 0 Å². The van der Waals surface area contributed by atoms with Gasteiger partial charge in [-0.3, -0.25) is 14.4 Å². The topological polar surface area (TPSA) is 87.7 Å². The Bertz CT molecular complexity index is 965. The molecule has 0 radical (unpaired) electrons. The minimum atomic E-state index is -0.342. The van der Waals surface area contributed by atoms with Crippen molar-refractivity contribution in [2.45, 2.75) is 34.1 Å². The minimum absolute atomic E-state index is 0.0728. The van der Waals surface area contributed by atoms with E-state index in [0.29, 0.717) is 30.4 Å². The quantitative estimate of drug-likeness (QED) is 0.662. The SMILES string of the molecule is Cc1cccc(C)c1NC(=O)COc1ccc(N2C[C@H](C(=O)NCC(C)C)CC2=O)cc1. The Morgan fingerprint density at radius 1 is 1.09 bits per heavy atom. The molecule has 0 spiro atoms. The summed E-state index contributed by atoms with van der Waals surface area (Å²) in [7, 11) is 0. The van der Waals surface area contributed by atoms with Crippen LogP contribution < -0.4 is 20.3 Å². The average molecular weight is 438 g/mol. The van der Waals surface area contributed by atoms with E-state index in [0.717, 1.165) is 16.8 Å². The zero-order valence-electron chi connectivity index (χ0n) is 19.1. The summed E-state index contributed by atoms with van der Waals surface area (Å²) in [5.74, 6) is 0.161. The maximum Gasteiger partial charge on any atom is 0.262 e. The second kappa shape index (κ2) is 10.3. The molecule has 3 rings (SSSR count). The van der Waals surface area contributed by atoms with Crippen molar-refractivity contribution in [3.8, 4) is 5.75 Å². The number of para-hydroxylation sites is 1. The van der Waals surface area contributed by atoms with Crippen molar-refractivity contribution < 1.29 is 19.1 Å². The zero-order chi connectivity index (χ0) is 23.3. The van der Waals surface area contributed by atoms with E-state index in [-0.39, 0.29) is 36.7 Å². The lowest BCUT2D eigenvalue weighted by Gasteiger charge is -2.17. The number of aryl methyl sites for hydroxylation is 2. The van der Waals surface area contributed by atoms with Crippen molar-refractivity contribution >= 4 is 29.1 Å². The highest BCUT2D eigenvalue weighted by atomic mass is 16.5. The predicted molar refractivity (Wildman–Crippen MR) is 125 cm³/mol. The Balaban J connectivity index is 1.53. The van der Waals surface area contributed by atoms with E-state index in [1.165, 1.54) is 0 Å². The van der Waals surface area contributed by atoms with Crippen LogP contribution in [0.4, 0.5) is 11.4 Å². The summed E-state index contributed by atoms with van der Waals surface area (Å²) in [6, 6.07) is 12.8. The van der Waals surface area contributed by atoms with E-state index in [4.69, 9.17) is 4.74 Å². The Morgan fingerprint density at radius 2 is 1.75 bits per heavy atom. The molecule has 1 fully saturated rings. The lowest BCUT2D eigenvalue weighted by atomic mass is 10.1. The second-order valence-electron chi connectivity index (χ2n) is 8.64. The molecule has 3 amide bonds. The molecule has 2 aromatic carbocycles. The van der Waals surface area contributed by atoms with Crippen LogP contribution in [-0.2, 0) is 14.4 Å². The van der Waals surface area contributed by atoms with Crippen LogP contribution in [0.3, 0.4) is 0 Å². The normalized spacial score (nSPS) is 15.7. The molecule has 1 atom stereocenters. The summed E-state index contributed by atoms with van der Waals surface area (Å²) >= 11 is 0. The number of nitrogens with zero attached hydrogens (tertiary/aromatic N) is 1. The molecule has 7 heteroatoms. The van der Waals surface area contributed by atoms with Gasteiger partial charge in [0.2, 0.25) is 11.8 Å². The molecule has 0 bridgehead atoms. The van der Waals surface area contributed by atoms with Gasteiger partial charge in [-0.1, -0.05) is 32.0 Å². The summed E-state index contributed by atoms with van der Waals surface area (Å²) < 4.78 is 5.60. The van der Waals surface area contributed by atoms with Crippen LogP contribution in [0.2, 0.25) is 0 Å². The molecule has 0 aliphatic carbocycles. The van der Waals surface area contributed by atoms with Crippen LogP contribution in [0.15, 0.2) is 42.5 Å². The molecule has 1 saturated heterocycles. The lowest BCUT2D eigenvalue weighted by molar-refractivity contribution is -0.126. The van der Waals surface area contributed by atoms with E-state index in [2.05, 4.69) is 10.6 Å². The Hall–Kier alpha value is -3.35. The van der Waals surface area contributed by atoms with Crippen LogP contribution >= 0.6 is 0 Å². The smallest absolute Gasteiger partial charge is 0.262 e. The van der Waals surface area contributed by atoms with Gasteiger partial charge in [-0.15, -0.1) is 0 Å². The molecule has 7 nitrogen and oxygen atoms in total. The van der Waals surface area contributed by atoms with Crippen molar-refractivity contribution in [3.05, 3.63) is 53.6 Å². The van der Waals surface area contributed by atoms with Crippen LogP contribution in [0.25, 0.3) is 0 Å². The Kier molecular flexibility index (Phi) is 7.51. The van der Waals surface area contributed by atoms with Gasteiger partial charge in [0.05, 0.1) is 5.92 Å². The fourth-order valence-corrected chi connectivity index (χ4v) is 3.64. The summed E-state index contributed by atoms with van der Waals surface area (Å²) in [5, 5.41) is 5.79. The highest BCUT2D eigenvalue weighted by molar-refractivity contribution is 6.00. The molecule has 1 aliphatic heterocycles. The summed E-state index contributed by atoms with van der Waals surface area (Å²) in [6.45, 7) is 8.80. The van der Waals surface area contributed by atoms with Gasteiger partial charge in [0, 0.05) is 30.9 Å². The summed E-state index contributed by atoms with van der Waals surface area (Å²) in [5.41, 5.74) is 3.50. The van der Waals surface area contributed by atoms with Crippen molar-refractivity contribution in [1.29, 1.82) is 0 Å². The number of rotatable bonds is 8. The Labute approximate surface area is 189 Å². The van der Waals surface area contributed by atoms with Crippen molar-refractivity contribution in [3.63, 3.8) is 0 Å². The van der Waals surface area contributed by atoms with Crippen molar-refractivity contribution in [2.24, 2.45) is 11.8 Å². The molecule has 1 aliphatic rings. The first-order chi connectivity index (χ1) is 15.2. The molecular weight excluding hydrogens is 406 g/mol. The predicted octanol–water partition coefficient (Wildman–Crippen LogP) is 3.45. The van der Waals surface area contributed by atoms with Gasteiger partial charge in [0.15, 0.2) is 6.61 Å². The number of ether oxygens (including phenoxy) is 1. The first-order valence-corrected chi connectivity index (χ1v) is 10.9. The first-order valence-electron chi connectivity index (χ1n) is 10.9. The summed E-state index contributed by atoms with van der Waals surface area (Å²) in [4.78, 5) is 38.6. The van der Waals surface area contributed by atoms with Crippen LogP contribution in [-0.4, -0.2) is 37.4 Å². The van der Waals surface area contributed by atoms with Gasteiger partial charge in [0.25, 0.3) is 5.91 Å². The molecule has 0 aromatic heterocycles. The zero-order valence-corrected chi connectivity index (χ0v) is 19.1. The number of nitrogens with one attached hydrogen (secondary N) is 2. The number of hydrogen-bond donors (Lipinski definition) is 2. The molecule has 2 aromatic rings. The average Bonchev–Trinajstić information content (AvgIpc) is 3.15. The number of carbonyl (C=O) groups is 3. The fraction of sp³-hybridized carbons (Fsp3) is 0.400. The highest BCUT2D eigenvalue weighted by Crippen LogP contribution is 2.27. The van der Waals surface area contributed by atoms with E-state index < -0.39 is 0 Å². The van der Waals surface area contributed by atoms with E-state index in [1.54, 1.807) is 29.2 Å². The number of amides is 3. The second-order valence-corrected chi connectivity index (χ2v) is 8.64. The van der Waals surface area contributed by atoms with Crippen LogP contribution in [0, 0.1) is 25.7 Å². The maximum atomic E-state index is 12.4. The molecular formula is C25H31N3O4. The molecule has 1 heterocycles. The molecule has 0 unspecified atom stereocenters. The maximum absolute atomic E-state index is 12.4.